The largest absolute Gasteiger partial charge is 0.496 e. The number of nitrogens with two attached hydrogens (primary N) is 1. The van der Waals surface area contributed by atoms with Gasteiger partial charge in [0.05, 0.1) is 7.11 Å². The number of hydrogen-bond acceptors (Lipinski definition) is 3. The Balaban J connectivity index is 2.57. The van der Waals surface area contributed by atoms with Crippen molar-refractivity contribution < 1.29 is 9.13 Å². The molecule has 0 aliphatic carbocycles. The zero-order chi connectivity index (χ0) is 14.0. The summed E-state index contributed by atoms with van der Waals surface area (Å²) in [5.41, 5.74) is 7.64. The first-order chi connectivity index (χ1) is 9.05. The Labute approximate surface area is 112 Å². The smallest absolute Gasteiger partial charge is 0.149 e. The molecule has 1 atom stereocenters. The van der Waals surface area contributed by atoms with Crippen LogP contribution >= 0.6 is 0 Å². The van der Waals surface area contributed by atoms with Gasteiger partial charge in [0, 0.05) is 17.1 Å². The molecule has 0 aliphatic heterocycles. The Morgan fingerprint density at radius 1 is 1.37 bits per heavy atom. The number of nitrogens with zero attached hydrogens (tertiary/aromatic N) is 1. The zero-order valence-corrected chi connectivity index (χ0v) is 11.5. The highest BCUT2D eigenvalue weighted by Gasteiger charge is 2.12. The molecule has 1 aromatic heterocycles. The van der Waals surface area contributed by atoms with E-state index in [1.165, 1.54) is 0 Å². The van der Waals surface area contributed by atoms with E-state index in [1.54, 1.807) is 13.2 Å². The highest BCUT2D eigenvalue weighted by molar-refractivity contribution is 5.86. The van der Waals surface area contributed by atoms with Gasteiger partial charge >= 0.3 is 0 Å². The first-order valence-corrected chi connectivity index (χ1v) is 6.39. The minimum Gasteiger partial charge on any atom is -0.496 e. The van der Waals surface area contributed by atoms with E-state index in [1.807, 2.05) is 26.0 Å². The number of ether oxygens (including phenoxy) is 1. The summed E-state index contributed by atoms with van der Waals surface area (Å²) in [5, 5.41) is 0.715. The second-order valence-electron chi connectivity index (χ2n) is 4.98. The third-order valence-electron chi connectivity index (χ3n) is 3.22. The molecule has 0 radical (unpaired) electrons. The van der Waals surface area contributed by atoms with Crippen LogP contribution in [0.15, 0.2) is 18.2 Å². The van der Waals surface area contributed by atoms with Crippen LogP contribution < -0.4 is 10.5 Å². The van der Waals surface area contributed by atoms with Crippen LogP contribution in [0.1, 0.15) is 18.2 Å². The van der Waals surface area contributed by atoms with E-state index in [0.29, 0.717) is 29.1 Å². The number of pyridine rings is 1. The number of fused-ring (bicyclic) bond motifs is 1. The molecule has 19 heavy (non-hydrogen) atoms. The summed E-state index contributed by atoms with van der Waals surface area (Å²) in [6.07, 6.45) is 0.750. The molecule has 0 saturated heterocycles. The van der Waals surface area contributed by atoms with E-state index < -0.39 is 0 Å². The Hall–Kier alpha value is -1.68. The third-order valence-corrected chi connectivity index (χ3v) is 3.22. The zero-order valence-electron chi connectivity index (χ0n) is 11.5. The van der Waals surface area contributed by atoms with Gasteiger partial charge in [-0.3, -0.25) is 0 Å². The summed E-state index contributed by atoms with van der Waals surface area (Å²) in [6, 6.07) is 5.30. The van der Waals surface area contributed by atoms with Crippen molar-refractivity contribution in [2.75, 3.05) is 13.7 Å². The lowest BCUT2D eigenvalue weighted by Gasteiger charge is -2.12. The number of rotatable bonds is 4. The maximum absolute atomic E-state index is 14.1. The van der Waals surface area contributed by atoms with Crippen LogP contribution in [0.4, 0.5) is 4.39 Å². The van der Waals surface area contributed by atoms with E-state index in [4.69, 9.17) is 10.5 Å². The van der Waals surface area contributed by atoms with Crippen molar-refractivity contribution in [3.8, 4) is 5.75 Å². The van der Waals surface area contributed by atoms with Gasteiger partial charge in [-0.25, -0.2) is 9.37 Å². The van der Waals surface area contributed by atoms with Crippen LogP contribution in [0.25, 0.3) is 10.9 Å². The quantitative estimate of drug-likeness (QED) is 0.921. The molecule has 0 fully saturated rings. The Kier molecular flexibility index (Phi) is 4.00. The molecule has 0 bridgehead atoms. The van der Waals surface area contributed by atoms with Crippen LogP contribution in [0.5, 0.6) is 5.75 Å². The molecule has 2 aromatic rings. The second-order valence-corrected chi connectivity index (χ2v) is 4.98. The van der Waals surface area contributed by atoms with E-state index in [9.17, 15) is 4.39 Å². The molecule has 102 valence electrons. The molecule has 0 spiro atoms. The van der Waals surface area contributed by atoms with E-state index in [0.717, 1.165) is 17.7 Å². The molecule has 0 amide bonds. The molecule has 2 rings (SSSR count). The molecule has 4 heteroatoms. The molecule has 0 aliphatic rings. The maximum Gasteiger partial charge on any atom is 0.149 e. The van der Waals surface area contributed by atoms with E-state index in [-0.39, 0.29) is 5.82 Å². The first kappa shape index (κ1) is 13.7. The summed E-state index contributed by atoms with van der Waals surface area (Å²) in [7, 11) is 1.58. The van der Waals surface area contributed by atoms with Crippen molar-refractivity contribution in [1.29, 1.82) is 0 Å². The number of aryl methyl sites for hydroxylation is 1. The Morgan fingerprint density at radius 3 is 2.74 bits per heavy atom. The lowest BCUT2D eigenvalue weighted by atomic mass is 9.99. The molecule has 1 unspecified atom stereocenters. The highest BCUT2D eigenvalue weighted by atomic mass is 19.1. The normalized spacial score (nSPS) is 12.7. The number of benzene rings is 1. The molecule has 1 heterocycles. The maximum atomic E-state index is 14.1. The van der Waals surface area contributed by atoms with Gasteiger partial charge < -0.3 is 10.5 Å². The van der Waals surface area contributed by atoms with Gasteiger partial charge in [0.25, 0.3) is 0 Å². The van der Waals surface area contributed by atoms with Crippen molar-refractivity contribution in [3.05, 3.63) is 35.3 Å². The number of hydrogen-bond donors (Lipinski definition) is 1. The van der Waals surface area contributed by atoms with E-state index >= 15 is 0 Å². The van der Waals surface area contributed by atoms with Crippen LogP contribution in [-0.2, 0) is 6.42 Å². The fourth-order valence-electron chi connectivity index (χ4n) is 2.21. The highest BCUT2D eigenvalue weighted by Crippen LogP contribution is 2.29. The van der Waals surface area contributed by atoms with Crippen molar-refractivity contribution >= 4 is 10.9 Å². The minimum absolute atomic E-state index is 0.307. The van der Waals surface area contributed by atoms with E-state index in [2.05, 4.69) is 4.98 Å². The minimum atomic E-state index is -0.307. The lowest BCUT2D eigenvalue weighted by molar-refractivity contribution is 0.419. The van der Waals surface area contributed by atoms with Crippen LogP contribution in [0, 0.1) is 18.7 Å². The molecule has 2 N–H and O–H groups in total. The van der Waals surface area contributed by atoms with Gasteiger partial charge in [-0.05, 0) is 43.5 Å². The summed E-state index contributed by atoms with van der Waals surface area (Å²) in [4.78, 5) is 4.24. The fourth-order valence-corrected chi connectivity index (χ4v) is 2.21. The van der Waals surface area contributed by atoms with Gasteiger partial charge in [-0.2, -0.15) is 0 Å². The lowest BCUT2D eigenvalue weighted by Crippen LogP contribution is -2.13. The predicted molar refractivity (Wildman–Crippen MR) is 74.9 cm³/mol. The van der Waals surface area contributed by atoms with Gasteiger partial charge in [-0.15, -0.1) is 0 Å². The van der Waals surface area contributed by atoms with Crippen LogP contribution in [-0.4, -0.2) is 18.6 Å². The average molecular weight is 262 g/mol. The standard InChI is InChI=1S/C15H19FN2O/c1-9(8-17)4-11-6-12-14(19-3)5-10(2)18-15(12)13(16)7-11/h5-7,9H,4,8,17H2,1-3H3. The first-order valence-electron chi connectivity index (χ1n) is 6.39. The molecule has 0 saturated carbocycles. The molecule has 1 aromatic carbocycles. The van der Waals surface area contributed by atoms with Gasteiger partial charge in [-0.1, -0.05) is 6.92 Å². The SMILES string of the molecule is COc1cc(C)nc2c(F)cc(CC(C)CN)cc12. The molecular formula is C15H19FN2O. The topological polar surface area (TPSA) is 48.1 Å². The van der Waals surface area contributed by atoms with Gasteiger partial charge in [0.2, 0.25) is 0 Å². The van der Waals surface area contributed by atoms with Crippen molar-refractivity contribution in [3.63, 3.8) is 0 Å². The van der Waals surface area contributed by atoms with Gasteiger partial charge in [0.1, 0.15) is 17.1 Å². The Morgan fingerprint density at radius 2 is 2.11 bits per heavy atom. The van der Waals surface area contributed by atoms with Crippen molar-refractivity contribution in [1.82, 2.24) is 4.98 Å². The Bertz CT molecular complexity index is 598. The monoisotopic (exact) mass is 262 g/mol. The van der Waals surface area contributed by atoms with Crippen molar-refractivity contribution in [2.45, 2.75) is 20.3 Å². The number of halogens is 1. The van der Waals surface area contributed by atoms with Crippen LogP contribution in [0.3, 0.4) is 0 Å². The summed E-state index contributed by atoms with van der Waals surface area (Å²) < 4.78 is 19.5. The fraction of sp³-hybridized carbons (Fsp3) is 0.400. The van der Waals surface area contributed by atoms with Gasteiger partial charge in [0.15, 0.2) is 0 Å². The summed E-state index contributed by atoms with van der Waals surface area (Å²) in [6.45, 7) is 4.46. The van der Waals surface area contributed by atoms with Crippen LogP contribution in [0.2, 0.25) is 0 Å². The predicted octanol–water partition coefficient (Wildman–Crippen LogP) is 2.83. The molecular weight excluding hydrogens is 243 g/mol. The molecule has 3 nitrogen and oxygen atoms in total. The third kappa shape index (κ3) is 2.84. The summed E-state index contributed by atoms with van der Waals surface area (Å²) in [5.74, 6) is 0.670. The van der Waals surface area contributed by atoms with Crippen molar-refractivity contribution in [2.24, 2.45) is 11.7 Å². The average Bonchev–Trinajstić information content (AvgIpc) is 2.38. The summed E-state index contributed by atoms with van der Waals surface area (Å²) >= 11 is 0. The number of aromatic nitrogens is 1. The number of methoxy groups -OCH3 is 1. The second kappa shape index (κ2) is 5.53.